The van der Waals surface area contributed by atoms with Gasteiger partial charge in [0.25, 0.3) is 0 Å². The molecule has 0 unspecified atom stereocenters. The number of nitrogens with zero attached hydrogens (tertiary/aromatic N) is 4. The van der Waals surface area contributed by atoms with Crippen LogP contribution < -0.4 is 0 Å². The Kier molecular flexibility index (Phi) is 5.35. The van der Waals surface area contributed by atoms with Crippen LogP contribution in [0.5, 0.6) is 0 Å². The Bertz CT molecular complexity index is 1240. The zero-order valence-electron chi connectivity index (χ0n) is 18.2. The molecule has 1 N–H and O–H groups in total. The number of aromatic amines is 1. The summed E-state index contributed by atoms with van der Waals surface area (Å²) in [5.74, 6) is 0.672. The van der Waals surface area contributed by atoms with Gasteiger partial charge in [-0.25, -0.2) is 9.38 Å². The van der Waals surface area contributed by atoms with Crippen LogP contribution in [0.2, 0.25) is 0 Å². The number of halogens is 1. The van der Waals surface area contributed by atoms with Crippen LogP contribution in [0.4, 0.5) is 4.39 Å². The number of nitrogens with one attached hydrogen (secondary N) is 1. The maximum absolute atomic E-state index is 13.6. The molecule has 1 saturated heterocycles. The number of likely N-dealkylation sites (tertiary alicyclic amines) is 1. The lowest BCUT2D eigenvalue weighted by atomic mass is 9.98. The summed E-state index contributed by atoms with van der Waals surface area (Å²) in [7, 11) is 0. The lowest BCUT2D eigenvalue weighted by Crippen LogP contribution is -2.40. The molecule has 1 aromatic heterocycles. The minimum Gasteiger partial charge on any atom is -0.355 e. The van der Waals surface area contributed by atoms with Crippen molar-refractivity contribution in [3.05, 3.63) is 90.3 Å². The number of hydrogen-bond acceptors (Lipinski definition) is 4. The van der Waals surface area contributed by atoms with E-state index in [9.17, 15) is 4.39 Å². The molecule has 0 spiro atoms. The topological polar surface area (TPSA) is 47.5 Å². The molecule has 3 heterocycles. The monoisotopic (exact) mass is 427 g/mol. The summed E-state index contributed by atoms with van der Waals surface area (Å²) in [5, 5.41) is 8.21. The van der Waals surface area contributed by atoms with E-state index in [0.717, 1.165) is 57.9 Å². The van der Waals surface area contributed by atoms with E-state index < -0.39 is 0 Å². The molecule has 0 amide bonds. The van der Waals surface area contributed by atoms with Gasteiger partial charge in [0.2, 0.25) is 0 Å². The molecule has 0 bridgehead atoms. The lowest BCUT2D eigenvalue weighted by Gasteiger charge is -2.36. The second-order valence-electron chi connectivity index (χ2n) is 8.27. The third-order valence-corrected chi connectivity index (χ3v) is 6.20. The van der Waals surface area contributed by atoms with Crippen molar-refractivity contribution in [1.82, 2.24) is 20.0 Å². The lowest BCUT2D eigenvalue weighted by molar-refractivity contribution is 0.338. The van der Waals surface area contributed by atoms with Gasteiger partial charge in [0.15, 0.2) is 5.84 Å². The fourth-order valence-corrected chi connectivity index (χ4v) is 4.49. The van der Waals surface area contributed by atoms with Gasteiger partial charge in [-0.15, -0.1) is 0 Å². The van der Waals surface area contributed by atoms with Crippen LogP contribution in [0.15, 0.2) is 78.3 Å². The van der Waals surface area contributed by atoms with Crippen molar-refractivity contribution in [3.8, 4) is 0 Å². The van der Waals surface area contributed by atoms with Crippen LogP contribution in [-0.2, 0) is 0 Å². The number of allylic oxidation sites excluding steroid dienone is 1. The fourth-order valence-electron chi connectivity index (χ4n) is 4.49. The molecule has 1 fully saturated rings. The number of amidine groups is 1. The van der Waals surface area contributed by atoms with E-state index in [1.54, 1.807) is 0 Å². The van der Waals surface area contributed by atoms with E-state index in [0.29, 0.717) is 0 Å². The van der Waals surface area contributed by atoms with E-state index in [1.165, 1.54) is 31.4 Å². The fraction of sp³-hybridized carbons (Fsp3) is 0.231. The molecule has 3 aromatic rings. The van der Waals surface area contributed by atoms with E-state index >= 15 is 0 Å². The van der Waals surface area contributed by atoms with Crippen LogP contribution in [0, 0.1) is 5.82 Å². The molecule has 5 nitrogen and oxygen atoms in total. The summed E-state index contributed by atoms with van der Waals surface area (Å²) >= 11 is 0. The highest BCUT2D eigenvalue weighted by Crippen LogP contribution is 2.35. The predicted molar refractivity (Wildman–Crippen MR) is 128 cm³/mol. The number of benzene rings is 2. The van der Waals surface area contributed by atoms with Crippen LogP contribution in [0.1, 0.15) is 37.3 Å². The zero-order chi connectivity index (χ0) is 22.1. The van der Waals surface area contributed by atoms with Crippen molar-refractivity contribution >= 4 is 28.0 Å². The summed E-state index contributed by atoms with van der Waals surface area (Å²) in [5.41, 5.74) is 5.83. The van der Waals surface area contributed by atoms with Gasteiger partial charge >= 0.3 is 0 Å². The second kappa shape index (κ2) is 8.46. The molecule has 5 rings (SSSR count). The van der Waals surface area contributed by atoms with Crippen LogP contribution in [-0.4, -0.2) is 38.9 Å². The number of aromatic nitrogens is 2. The Labute approximate surface area is 187 Å². The molecule has 0 saturated carbocycles. The quantitative estimate of drug-likeness (QED) is 0.540. The number of piperidine rings is 1. The minimum absolute atomic E-state index is 0.246. The number of fused-ring (bicyclic) bond motifs is 1. The Morgan fingerprint density at radius 2 is 1.78 bits per heavy atom. The summed E-state index contributed by atoms with van der Waals surface area (Å²) in [6.07, 6.45) is 9.22. The maximum atomic E-state index is 13.6. The van der Waals surface area contributed by atoms with E-state index in [4.69, 9.17) is 0 Å². The molecule has 32 heavy (non-hydrogen) atoms. The van der Waals surface area contributed by atoms with Gasteiger partial charge in [0.1, 0.15) is 5.82 Å². The first kappa shape index (κ1) is 20.2. The Balaban J connectivity index is 1.62. The number of hydrogen-bond donors (Lipinski definition) is 1. The second-order valence-corrected chi connectivity index (χ2v) is 8.27. The van der Waals surface area contributed by atoms with Crippen LogP contribution in [0.3, 0.4) is 0 Å². The first-order chi connectivity index (χ1) is 15.6. The van der Waals surface area contributed by atoms with Gasteiger partial charge in [-0.3, -0.25) is 5.10 Å². The molecule has 0 aliphatic carbocycles. The summed E-state index contributed by atoms with van der Waals surface area (Å²) in [6, 6.07) is 12.9. The molecule has 6 heteroatoms. The molecule has 162 valence electrons. The normalized spacial score (nSPS) is 17.6. The Morgan fingerprint density at radius 3 is 2.56 bits per heavy atom. The molecule has 2 aliphatic rings. The largest absolute Gasteiger partial charge is 0.355 e. The standard InChI is InChI=1S/C26H26FN5/c1-18(20-6-9-23(27)10-7-20)25(21-8-11-24-22(16-21)17-29-30-24)32-15-12-28-26(19(32)2)31-13-4-3-5-14-31/h6-12,15-17H,2-5,13-14H2,1H3,(H,29,30)/b25-18+. The SMILES string of the molecule is C=C1C(N2CCCCC2)=NC=CN1/C(=C(\C)c1ccc(F)cc1)c1ccc2[nH]ncc2c1. The average molecular weight is 428 g/mol. The highest BCUT2D eigenvalue weighted by molar-refractivity contribution is 6.03. The van der Waals surface area contributed by atoms with E-state index in [1.807, 2.05) is 36.8 Å². The van der Waals surface area contributed by atoms with Gasteiger partial charge < -0.3 is 9.80 Å². The van der Waals surface area contributed by atoms with Gasteiger partial charge in [-0.2, -0.15) is 5.10 Å². The van der Waals surface area contributed by atoms with Gasteiger partial charge in [-0.05, 0) is 67.2 Å². The molecule has 2 aliphatic heterocycles. The third kappa shape index (κ3) is 3.73. The van der Waals surface area contributed by atoms with E-state index in [-0.39, 0.29) is 5.82 Å². The van der Waals surface area contributed by atoms with Crippen molar-refractivity contribution in [2.75, 3.05) is 13.1 Å². The average Bonchev–Trinajstić information content (AvgIpc) is 3.29. The Morgan fingerprint density at radius 1 is 1.03 bits per heavy atom. The van der Waals surface area contributed by atoms with Gasteiger partial charge in [0, 0.05) is 30.9 Å². The summed E-state index contributed by atoms with van der Waals surface area (Å²) in [4.78, 5) is 9.11. The first-order valence-electron chi connectivity index (χ1n) is 11.0. The van der Waals surface area contributed by atoms with Crippen LogP contribution >= 0.6 is 0 Å². The predicted octanol–water partition coefficient (Wildman–Crippen LogP) is 5.78. The third-order valence-electron chi connectivity index (χ3n) is 6.20. The van der Waals surface area contributed by atoms with Crippen LogP contribution in [0.25, 0.3) is 22.2 Å². The van der Waals surface area contributed by atoms with E-state index in [2.05, 4.69) is 50.6 Å². The summed E-state index contributed by atoms with van der Waals surface area (Å²) < 4.78 is 13.6. The Hall–Kier alpha value is -3.67. The first-order valence-corrected chi connectivity index (χ1v) is 11.0. The smallest absolute Gasteiger partial charge is 0.152 e. The summed E-state index contributed by atoms with van der Waals surface area (Å²) in [6.45, 7) is 8.49. The molecular formula is C26H26FN5. The van der Waals surface area contributed by atoms with Gasteiger partial charge in [-0.1, -0.05) is 24.8 Å². The zero-order valence-corrected chi connectivity index (χ0v) is 18.2. The molecule has 0 radical (unpaired) electrons. The molecular weight excluding hydrogens is 401 g/mol. The van der Waals surface area contributed by atoms with Crippen molar-refractivity contribution < 1.29 is 4.39 Å². The number of rotatable bonds is 3. The van der Waals surface area contributed by atoms with Crippen molar-refractivity contribution in [3.63, 3.8) is 0 Å². The number of aliphatic imine (C=N–C) groups is 1. The van der Waals surface area contributed by atoms with Gasteiger partial charge in [0.05, 0.1) is 23.1 Å². The number of H-pyrrole nitrogens is 1. The minimum atomic E-state index is -0.246. The van der Waals surface area contributed by atoms with Crippen molar-refractivity contribution in [2.45, 2.75) is 26.2 Å². The molecule has 2 aromatic carbocycles. The van der Waals surface area contributed by atoms with Crippen molar-refractivity contribution in [1.29, 1.82) is 0 Å². The highest BCUT2D eigenvalue weighted by atomic mass is 19.1. The molecule has 0 atom stereocenters. The maximum Gasteiger partial charge on any atom is 0.152 e. The highest BCUT2D eigenvalue weighted by Gasteiger charge is 2.26. The van der Waals surface area contributed by atoms with Crippen molar-refractivity contribution in [2.24, 2.45) is 4.99 Å².